The predicted octanol–water partition coefficient (Wildman–Crippen LogP) is 5.51. The molecule has 0 bridgehead atoms. The van der Waals surface area contributed by atoms with Crippen LogP contribution in [0, 0.1) is 5.82 Å². The molecule has 1 atom stereocenters. The van der Waals surface area contributed by atoms with Gasteiger partial charge in [0.2, 0.25) is 5.91 Å². The lowest BCUT2D eigenvalue weighted by Gasteiger charge is -2.24. The summed E-state index contributed by atoms with van der Waals surface area (Å²) < 4.78 is 14.2. The first-order chi connectivity index (χ1) is 14.0. The number of anilines is 2. The van der Waals surface area contributed by atoms with Gasteiger partial charge in [0.1, 0.15) is 11.2 Å². The second-order valence-corrected chi connectivity index (χ2v) is 7.97. The lowest BCUT2D eigenvalue weighted by atomic mass is 10.1. The van der Waals surface area contributed by atoms with Gasteiger partial charge in [-0.15, -0.1) is 11.8 Å². The van der Waals surface area contributed by atoms with Crippen molar-refractivity contribution < 1.29 is 14.0 Å². The summed E-state index contributed by atoms with van der Waals surface area (Å²) in [5.74, 6) is -0.521. The average Bonchev–Trinajstić information content (AvgIpc) is 3.10. The summed E-state index contributed by atoms with van der Waals surface area (Å²) in [5, 5.41) is 3.07. The second-order valence-electron chi connectivity index (χ2n) is 6.46. The monoisotopic (exact) mass is 426 g/mol. The maximum absolute atomic E-state index is 14.2. The van der Waals surface area contributed by atoms with E-state index in [9.17, 15) is 14.0 Å². The van der Waals surface area contributed by atoms with Gasteiger partial charge in [0.15, 0.2) is 0 Å². The van der Waals surface area contributed by atoms with E-state index in [0.29, 0.717) is 16.3 Å². The Hall–Kier alpha value is -2.83. The fourth-order valence-corrected chi connectivity index (χ4v) is 4.41. The lowest BCUT2D eigenvalue weighted by molar-refractivity contribution is -0.115. The fourth-order valence-electron chi connectivity index (χ4n) is 3.11. The predicted molar refractivity (Wildman–Crippen MR) is 115 cm³/mol. The molecule has 29 heavy (non-hydrogen) atoms. The van der Waals surface area contributed by atoms with Gasteiger partial charge >= 0.3 is 0 Å². The van der Waals surface area contributed by atoms with Crippen molar-refractivity contribution in [2.75, 3.05) is 16.0 Å². The first kappa shape index (κ1) is 19.5. The number of carbonyl (C=O) groups excluding carboxylic acids is 2. The van der Waals surface area contributed by atoms with Crippen molar-refractivity contribution in [3.05, 3.63) is 94.8 Å². The van der Waals surface area contributed by atoms with Crippen molar-refractivity contribution in [2.45, 2.75) is 5.37 Å². The Morgan fingerprint density at radius 1 is 1.03 bits per heavy atom. The number of rotatable bonds is 4. The van der Waals surface area contributed by atoms with Crippen LogP contribution in [-0.4, -0.2) is 17.6 Å². The maximum Gasteiger partial charge on any atom is 0.255 e. The number of halogens is 2. The standard InChI is InChI=1S/C22H16ClFN2O2S/c23-16-9-5-14(6-10-16)21(28)25-17-11-7-15(8-12-17)22-26(20(27)13-29-22)19-4-2-1-3-18(19)24/h1-12,22H,13H2,(H,25,28). The minimum atomic E-state index is -0.430. The van der Waals surface area contributed by atoms with Crippen molar-refractivity contribution in [1.29, 1.82) is 0 Å². The van der Waals surface area contributed by atoms with E-state index < -0.39 is 5.82 Å². The highest BCUT2D eigenvalue weighted by molar-refractivity contribution is 8.00. The molecular formula is C22H16ClFN2O2S. The molecular weight excluding hydrogens is 411 g/mol. The normalized spacial score (nSPS) is 16.1. The molecule has 1 aliphatic heterocycles. The van der Waals surface area contributed by atoms with E-state index in [-0.39, 0.29) is 28.6 Å². The van der Waals surface area contributed by atoms with Crippen LogP contribution < -0.4 is 10.2 Å². The topological polar surface area (TPSA) is 49.4 Å². The van der Waals surface area contributed by atoms with Crippen LogP contribution in [0.2, 0.25) is 5.02 Å². The SMILES string of the molecule is O=C(Nc1ccc(C2SCC(=O)N2c2ccccc2F)cc1)c1ccc(Cl)cc1. The largest absolute Gasteiger partial charge is 0.322 e. The molecule has 1 unspecified atom stereocenters. The van der Waals surface area contributed by atoms with Crippen molar-refractivity contribution in [1.82, 2.24) is 0 Å². The van der Waals surface area contributed by atoms with Gasteiger partial charge in [-0.25, -0.2) is 4.39 Å². The Morgan fingerprint density at radius 2 is 1.72 bits per heavy atom. The number of para-hydroxylation sites is 1. The van der Waals surface area contributed by atoms with E-state index in [1.54, 1.807) is 54.6 Å². The van der Waals surface area contributed by atoms with Gasteiger partial charge in [0.25, 0.3) is 5.91 Å². The van der Waals surface area contributed by atoms with Crippen LogP contribution in [0.3, 0.4) is 0 Å². The molecule has 0 spiro atoms. The first-order valence-corrected chi connectivity index (χ1v) is 10.3. The highest BCUT2D eigenvalue weighted by atomic mass is 35.5. The van der Waals surface area contributed by atoms with Crippen molar-refractivity contribution in [2.24, 2.45) is 0 Å². The Labute approximate surface area is 176 Å². The molecule has 3 aromatic carbocycles. The minimum absolute atomic E-state index is 0.134. The summed E-state index contributed by atoms with van der Waals surface area (Å²) in [5.41, 5.74) is 2.25. The number of thioether (sulfide) groups is 1. The molecule has 4 rings (SSSR count). The zero-order chi connectivity index (χ0) is 20.4. The van der Waals surface area contributed by atoms with Gasteiger partial charge in [-0.1, -0.05) is 35.9 Å². The van der Waals surface area contributed by atoms with Crippen molar-refractivity contribution in [3.63, 3.8) is 0 Å². The van der Waals surface area contributed by atoms with E-state index in [2.05, 4.69) is 5.32 Å². The minimum Gasteiger partial charge on any atom is -0.322 e. The highest BCUT2D eigenvalue weighted by Gasteiger charge is 2.35. The van der Waals surface area contributed by atoms with Crippen LogP contribution >= 0.6 is 23.4 Å². The van der Waals surface area contributed by atoms with Crippen LogP contribution in [-0.2, 0) is 4.79 Å². The number of carbonyl (C=O) groups is 2. The van der Waals surface area contributed by atoms with Gasteiger partial charge in [0, 0.05) is 16.3 Å². The summed E-state index contributed by atoms with van der Waals surface area (Å²) >= 11 is 7.29. The van der Waals surface area contributed by atoms with Crippen LogP contribution in [0.15, 0.2) is 72.8 Å². The third-order valence-corrected chi connectivity index (χ3v) is 6.00. The zero-order valence-electron chi connectivity index (χ0n) is 15.1. The molecule has 7 heteroatoms. The quantitative estimate of drug-likeness (QED) is 0.598. The number of benzene rings is 3. The van der Waals surface area contributed by atoms with Gasteiger partial charge in [-0.05, 0) is 54.1 Å². The third-order valence-electron chi connectivity index (χ3n) is 4.54. The molecule has 0 saturated carbocycles. The first-order valence-electron chi connectivity index (χ1n) is 8.88. The van der Waals surface area contributed by atoms with E-state index in [4.69, 9.17) is 11.6 Å². The molecule has 1 aliphatic rings. The number of nitrogens with one attached hydrogen (secondary N) is 1. The van der Waals surface area contributed by atoms with Gasteiger partial charge in [0.05, 0.1) is 11.4 Å². The fraction of sp³-hybridized carbons (Fsp3) is 0.0909. The molecule has 2 amide bonds. The third kappa shape index (κ3) is 4.13. The molecule has 1 heterocycles. The Balaban J connectivity index is 1.52. The number of amides is 2. The summed E-state index contributed by atoms with van der Waals surface area (Å²) in [6, 6.07) is 20.1. The van der Waals surface area contributed by atoms with Crippen LogP contribution in [0.1, 0.15) is 21.3 Å². The smallest absolute Gasteiger partial charge is 0.255 e. The molecule has 0 aromatic heterocycles. The van der Waals surface area contributed by atoms with Crippen LogP contribution in [0.4, 0.5) is 15.8 Å². The van der Waals surface area contributed by atoms with Gasteiger partial charge in [-0.2, -0.15) is 0 Å². The second kappa shape index (κ2) is 8.27. The van der Waals surface area contributed by atoms with E-state index in [1.807, 2.05) is 12.1 Å². The molecule has 3 aromatic rings. The molecule has 0 aliphatic carbocycles. The Morgan fingerprint density at radius 3 is 2.41 bits per heavy atom. The number of hydrogen-bond acceptors (Lipinski definition) is 3. The Bertz CT molecular complexity index is 1060. The van der Waals surface area contributed by atoms with E-state index in [1.165, 1.54) is 22.7 Å². The summed E-state index contributed by atoms with van der Waals surface area (Å²) in [6.45, 7) is 0. The van der Waals surface area contributed by atoms with Gasteiger partial charge < -0.3 is 5.32 Å². The molecule has 1 fully saturated rings. The molecule has 1 saturated heterocycles. The van der Waals surface area contributed by atoms with Gasteiger partial charge in [-0.3, -0.25) is 14.5 Å². The Kier molecular flexibility index (Phi) is 5.56. The average molecular weight is 427 g/mol. The highest BCUT2D eigenvalue weighted by Crippen LogP contribution is 2.42. The summed E-state index contributed by atoms with van der Waals surface area (Å²) in [6.07, 6.45) is 0. The molecule has 4 nitrogen and oxygen atoms in total. The van der Waals surface area contributed by atoms with E-state index >= 15 is 0 Å². The maximum atomic E-state index is 14.2. The molecule has 146 valence electrons. The zero-order valence-corrected chi connectivity index (χ0v) is 16.7. The molecule has 1 N–H and O–H groups in total. The van der Waals surface area contributed by atoms with Crippen molar-refractivity contribution in [3.8, 4) is 0 Å². The summed E-state index contributed by atoms with van der Waals surface area (Å²) in [4.78, 5) is 26.2. The number of nitrogens with zero attached hydrogens (tertiary/aromatic N) is 1. The molecule has 0 radical (unpaired) electrons. The van der Waals surface area contributed by atoms with Crippen molar-refractivity contribution >= 4 is 46.6 Å². The summed E-state index contributed by atoms with van der Waals surface area (Å²) in [7, 11) is 0. The van der Waals surface area contributed by atoms with Crippen LogP contribution in [0.25, 0.3) is 0 Å². The lowest BCUT2D eigenvalue weighted by Crippen LogP contribution is -2.28. The van der Waals surface area contributed by atoms with E-state index in [0.717, 1.165) is 5.56 Å². The van der Waals surface area contributed by atoms with Crippen LogP contribution in [0.5, 0.6) is 0 Å². The number of hydrogen-bond donors (Lipinski definition) is 1.